The average molecular weight is 431 g/mol. The van der Waals surface area contributed by atoms with E-state index in [9.17, 15) is 0 Å². The van der Waals surface area contributed by atoms with Crippen molar-refractivity contribution in [2.75, 3.05) is 0 Å². The first kappa shape index (κ1) is 19.1. The average Bonchev–Trinajstić information content (AvgIpc) is 2.92. The minimum Gasteiger partial charge on any atom is -0.0622 e. The molecule has 0 saturated carbocycles. The Labute approximate surface area is 198 Å². The SMILES string of the molecule is c1ccc(-c2c3ccccc3c(-c3ccc4ccc5ccccc5c4c3)c3ccccc23)cc1. The molecule has 0 aliphatic carbocycles. The zero-order valence-electron chi connectivity index (χ0n) is 18.7. The zero-order valence-corrected chi connectivity index (χ0v) is 18.7. The molecule has 0 fully saturated rings. The van der Waals surface area contributed by atoms with Gasteiger partial charge in [-0.15, -0.1) is 0 Å². The summed E-state index contributed by atoms with van der Waals surface area (Å²) in [6, 6.07) is 48.5. The van der Waals surface area contributed by atoms with Gasteiger partial charge in [0.05, 0.1) is 0 Å². The van der Waals surface area contributed by atoms with Crippen molar-refractivity contribution in [1.29, 1.82) is 0 Å². The number of hydrogen-bond donors (Lipinski definition) is 0. The molecule has 0 heteroatoms. The second-order valence-electron chi connectivity index (χ2n) is 8.93. The topological polar surface area (TPSA) is 0 Å². The molecule has 0 aliphatic heterocycles. The fraction of sp³-hybridized carbons (Fsp3) is 0. The molecule has 0 spiro atoms. The summed E-state index contributed by atoms with van der Waals surface area (Å²) in [4.78, 5) is 0. The Hall–Kier alpha value is -4.42. The van der Waals surface area contributed by atoms with Crippen LogP contribution in [-0.4, -0.2) is 0 Å². The van der Waals surface area contributed by atoms with Crippen LogP contribution in [0.5, 0.6) is 0 Å². The van der Waals surface area contributed by atoms with Crippen molar-refractivity contribution < 1.29 is 0 Å². The minimum atomic E-state index is 1.26. The Morgan fingerprint density at radius 1 is 0.265 bits per heavy atom. The molecule has 0 saturated heterocycles. The summed E-state index contributed by atoms with van der Waals surface area (Å²) in [6.07, 6.45) is 0. The first-order valence-corrected chi connectivity index (χ1v) is 11.8. The predicted octanol–water partition coefficient (Wildman–Crippen LogP) is 9.63. The quantitative estimate of drug-likeness (QED) is 0.189. The number of benzene rings is 7. The third-order valence-electron chi connectivity index (χ3n) is 7.03. The summed E-state index contributed by atoms with van der Waals surface area (Å²) < 4.78 is 0. The summed E-state index contributed by atoms with van der Waals surface area (Å²) in [5, 5.41) is 10.3. The first-order valence-electron chi connectivity index (χ1n) is 11.8. The molecule has 7 aromatic carbocycles. The molecule has 0 radical (unpaired) electrons. The van der Waals surface area contributed by atoms with Crippen LogP contribution in [0.15, 0.2) is 133 Å². The molecular formula is C34H22. The molecular weight excluding hydrogens is 408 g/mol. The molecule has 0 atom stereocenters. The molecule has 0 amide bonds. The van der Waals surface area contributed by atoms with Gasteiger partial charge in [-0.1, -0.05) is 127 Å². The van der Waals surface area contributed by atoms with E-state index >= 15 is 0 Å². The van der Waals surface area contributed by atoms with E-state index in [2.05, 4.69) is 133 Å². The molecule has 0 heterocycles. The summed E-state index contributed by atoms with van der Waals surface area (Å²) in [7, 11) is 0. The second-order valence-corrected chi connectivity index (χ2v) is 8.93. The Kier molecular flexibility index (Phi) is 4.25. The molecule has 7 rings (SSSR count). The van der Waals surface area contributed by atoms with Gasteiger partial charge in [0.15, 0.2) is 0 Å². The van der Waals surface area contributed by atoms with Crippen LogP contribution in [0.4, 0.5) is 0 Å². The Balaban J connectivity index is 1.63. The lowest BCUT2D eigenvalue weighted by molar-refractivity contribution is 1.66. The molecule has 0 unspecified atom stereocenters. The van der Waals surface area contributed by atoms with Crippen molar-refractivity contribution >= 4 is 43.1 Å². The summed E-state index contributed by atoms with van der Waals surface area (Å²) >= 11 is 0. The van der Waals surface area contributed by atoms with E-state index in [1.165, 1.54) is 65.3 Å². The Bertz CT molecular complexity index is 1790. The van der Waals surface area contributed by atoms with Crippen molar-refractivity contribution in [3.8, 4) is 22.3 Å². The third kappa shape index (κ3) is 2.86. The van der Waals surface area contributed by atoms with E-state index in [1.807, 2.05) is 0 Å². The standard InChI is InChI=1S/C34H22/c1-2-11-25(12-3-1)33-28-14-6-8-16-30(28)34(31-17-9-7-15-29(31)33)26-21-20-24-19-18-23-10-4-5-13-27(23)32(24)22-26/h1-22H. The van der Waals surface area contributed by atoms with E-state index in [0.717, 1.165) is 0 Å². The van der Waals surface area contributed by atoms with Gasteiger partial charge >= 0.3 is 0 Å². The van der Waals surface area contributed by atoms with Crippen LogP contribution in [0.3, 0.4) is 0 Å². The van der Waals surface area contributed by atoms with Gasteiger partial charge in [-0.3, -0.25) is 0 Å². The van der Waals surface area contributed by atoms with Crippen LogP contribution in [-0.2, 0) is 0 Å². The van der Waals surface area contributed by atoms with Crippen LogP contribution in [0.25, 0.3) is 65.3 Å². The van der Waals surface area contributed by atoms with Gasteiger partial charge in [0.1, 0.15) is 0 Å². The smallest absolute Gasteiger partial charge is 0.00261 e. The van der Waals surface area contributed by atoms with E-state index < -0.39 is 0 Å². The minimum absolute atomic E-state index is 1.26. The highest BCUT2D eigenvalue weighted by Gasteiger charge is 2.16. The van der Waals surface area contributed by atoms with Crippen LogP contribution in [0, 0.1) is 0 Å². The number of fused-ring (bicyclic) bond motifs is 5. The first-order chi connectivity index (χ1) is 16.9. The normalized spacial score (nSPS) is 11.5. The van der Waals surface area contributed by atoms with Crippen LogP contribution in [0.2, 0.25) is 0 Å². The van der Waals surface area contributed by atoms with Crippen molar-refractivity contribution in [2.24, 2.45) is 0 Å². The van der Waals surface area contributed by atoms with Gasteiger partial charge in [0, 0.05) is 0 Å². The Morgan fingerprint density at radius 2 is 0.706 bits per heavy atom. The molecule has 0 aliphatic rings. The fourth-order valence-corrected chi connectivity index (χ4v) is 5.51. The highest BCUT2D eigenvalue weighted by Crippen LogP contribution is 2.44. The maximum atomic E-state index is 2.38. The van der Waals surface area contributed by atoms with Crippen molar-refractivity contribution in [2.45, 2.75) is 0 Å². The molecule has 158 valence electrons. The van der Waals surface area contributed by atoms with Crippen molar-refractivity contribution in [3.63, 3.8) is 0 Å². The predicted molar refractivity (Wildman–Crippen MR) is 147 cm³/mol. The molecule has 0 aromatic heterocycles. The molecule has 0 N–H and O–H groups in total. The van der Waals surface area contributed by atoms with E-state index in [1.54, 1.807) is 0 Å². The van der Waals surface area contributed by atoms with E-state index in [4.69, 9.17) is 0 Å². The summed E-state index contributed by atoms with van der Waals surface area (Å²) in [5.74, 6) is 0. The van der Waals surface area contributed by atoms with E-state index in [0.29, 0.717) is 0 Å². The lowest BCUT2D eigenvalue weighted by atomic mass is 9.85. The largest absolute Gasteiger partial charge is 0.0622 e. The van der Waals surface area contributed by atoms with Gasteiger partial charge < -0.3 is 0 Å². The maximum Gasteiger partial charge on any atom is -0.00261 e. The zero-order chi connectivity index (χ0) is 22.5. The van der Waals surface area contributed by atoms with Crippen molar-refractivity contribution in [3.05, 3.63) is 133 Å². The third-order valence-corrected chi connectivity index (χ3v) is 7.03. The highest BCUT2D eigenvalue weighted by molar-refractivity contribution is 6.22. The fourth-order valence-electron chi connectivity index (χ4n) is 5.51. The van der Waals surface area contributed by atoms with Crippen LogP contribution < -0.4 is 0 Å². The van der Waals surface area contributed by atoms with Crippen LogP contribution in [0.1, 0.15) is 0 Å². The van der Waals surface area contributed by atoms with Gasteiger partial charge in [-0.25, -0.2) is 0 Å². The van der Waals surface area contributed by atoms with Crippen molar-refractivity contribution in [1.82, 2.24) is 0 Å². The number of hydrogen-bond acceptors (Lipinski definition) is 0. The maximum absolute atomic E-state index is 2.38. The second kappa shape index (κ2) is 7.57. The lowest BCUT2D eigenvalue weighted by Crippen LogP contribution is -1.91. The van der Waals surface area contributed by atoms with Gasteiger partial charge in [0.25, 0.3) is 0 Å². The van der Waals surface area contributed by atoms with Crippen LogP contribution >= 0.6 is 0 Å². The molecule has 0 bridgehead atoms. The Morgan fingerprint density at radius 3 is 1.32 bits per heavy atom. The van der Waals surface area contributed by atoms with Gasteiger partial charge in [-0.05, 0) is 71.4 Å². The molecule has 7 aromatic rings. The molecule has 0 nitrogen and oxygen atoms in total. The summed E-state index contributed by atoms with van der Waals surface area (Å²) in [5.41, 5.74) is 5.13. The lowest BCUT2D eigenvalue weighted by Gasteiger charge is -2.18. The highest BCUT2D eigenvalue weighted by atomic mass is 14.2. The van der Waals surface area contributed by atoms with Gasteiger partial charge in [0.2, 0.25) is 0 Å². The number of rotatable bonds is 2. The van der Waals surface area contributed by atoms with E-state index in [-0.39, 0.29) is 0 Å². The molecule has 34 heavy (non-hydrogen) atoms. The summed E-state index contributed by atoms with van der Waals surface area (Å²) in [6.45, 7) is 0. The monoisotopic (exact) mass is 430 g/mol. The van der Waals surface area contributed by atoms with Gasteiger partial charge in [-0.2, -0.15) is 0 Å².